The Morgan fingerprint density at radius 1 is 1.12 bits per heavy atom. The predicted molar refractivity (Wildman–Crippen MR) is 121 cm³/mol. The maximum absolute atomic E-state index is 13.2. The Kier molecular flexibility index (Phi) is 7.04. The first-order valence-corrected chi connectivity index (χ1v) is 11.5. The zero-order valence-corrected chi connectivity index (χ0v) is 18.1. The van der Waals surface area contributed by atoms with Crippen LogP contribution in [0.1, 0.15) is 38.1 Å². The van der Waals surface area contributed by atoms with Gasteiger partial charge in [0.15, 0.2) is 5.16 Å². The highest BCUT2D eigenvalue weighted by Gasteiger charge is 2.22. The fourth-order valence-corrected chi connectivity index (χ4v) is 4.80. The van der Waals surface area contributed by atoms with Crippen LogP contribution in [0, 0.1) is 0 Å². The van der Waals surface area contributed by atoms with Crippen molar-refractivity contribution in [1.82, 2.24) is 9.55 Å². The Balaban J connectivity index is 1.50. The van der Waals surface area contributed by atoms with Crippen LogP contribution >= 0.6 is 11.8 Å². The van der Waals surface area contributed by atoms with E-state index in [0.717, 1.165) is 32.1 Å². The number of thioether (sulfide) groups is 1. The van der Waals surface area contributed by atoms with Crippen molar-refractivity contribution in [3.63, 3.8) is 0 Å². The highest BCUT2D eigenvalue weighted by molar-refractivity contribution is 7.99. The van der Waals surface area contributed by atoms with Crippen molar-refractivity contribution in [2.75, 3.05) is 11.1 Å². The van der Waals surface area contributed by atoms with E-state index in [1.165, 1.54) is 36.0 Å². The van der Waals surface area contributed by atoms with Gasteiger partial charge in [-0.05, 0) is 49.2 Å². The number of aromatic nitrogens is 2. The molecule has 1 aliphatic rings. The molecule has 0 bridgehead atoms. The van der Waals surface area contributed by atoms with Crippen molar-refractivity contribution >= 4 is 34.3 Å². The third kappa shape index (κ3) is 5.27. The van der Waals surface area contributed by atoms with E-state index in [-0.39, 0.29) is 29.0 Å². The molecule has 168 valence electrons. The second-order valence-electron chi connectivity index (χ2n) is 7.62. The molecular weight excluding hydrogens is 436 g/mol. The Morgan fingerprint density at radius 2 is 1.84 bits per heavy atom. The van der Waals surface area contributed by atoms with Crippen LogP contribution in [0.2, 0.25) is 0 Å². The number of ether oxygens (including phenoxy) is 1. The van der Waals surface area contributed by atoms with E-state index in [9.17, 15) is 18.4 Å². The van der Waals surface area contributed by atoms with Gasteiger partial charge in [0.2, 0.25) is 5.91 Å². The highest BCUT2D eigenvalue weighted by atomic mass is 32.2. The molecule has 0 unspecified atom stereocenters. The number of nitrogens with zero attached hydrogens (tertiary/aromatic N) is 2. The molecular formula is C23H23F2N3O3S. The van der Waals surface area contributed by atoms with Gasteiger partial charge >= 0.3 is 6.61 Å². The Hall–Kier alpha value is -2.94. The highest BCUT2D eigenvalue weighted by Crippen LogP contribution is 2.31. The molecule has 6 nitrogen and oxygen atoms in total. The van der Waals surface area contributed by atoms with Gasteiger partial charge in [-0.3, -0.25) is 14.2 Å². The van der Waals surface area contributed by atoms with Crippen LogP contribution in [0.25, 0.3) is 10.9 Å². The molecule has 3 aromatic rings. The van der Waals surface area contributed by atoms with Gasteiger partial charge in [0.25, 0.3) is 5.56 Å². The number of halogens is 2. The zero-order valence-electron chi connectivity index (χ0n) is 17.3. The predicted octanol–water partition coefficient (Wildman–Crippen LogP) is 5.23. The van der Waals surface area contributed by atoms with Crippen LogP contribution in [0.5, 0.6) is 5.75 Å². The number of nitrogens with one attached hydrogen (secondary N) is 1. The van der Waals surface area contributed by atoms with E-state index in [2.05, 4.69) is 15.0 Å². The van der Waals surface area contributed by atoms with Gasteiger partial charge in [0.1, 0.15) is 5.75 Å². The van der Waals surface area contributed by atoms with E-state index in [4.69, 9.17) is 0 Å². The number of hydrogen-bond donors (Lipinski definition) is 1. The van der Waals surface area contributed by atoms with Crippen LogP contribution in [0.15, 0.2) is 58.5 Å². The lowest BCUT2D eigenvalue weighted by Gasteiger charge is -2.26. The Morgan fingerprint density at radius 3 is 2.56 bits per heavy atom. The Bertz CT molecular complexity index is 1150. The number of fused-ring (bicyclic) bond motifs is 1. The maximum atomic E-state index is 13.2. The Labute approximate surface area is 188 Å². The summed E-state index contributed by atoms with van der Waals surface area (Å²) in [7, 11) is 0. The van der Waals surface area contributed by atoms with E-state index >= 15 is 0 Å². The zero-order chi connectivity index (χ0) is 22.5. The van der Waals surface area contributed by atoms with Crippen LogP contribution in [0.4, 0.5) is 14.5 Å². The minimum atomic E-state index is -2.90. The fourth-order valence-electron chi connectivity index (χ4n) is 3.94. The number of rotatable bonds is 7. The first-order chi connectivity index (χ1) is 15.5. The molecule has 0 atom stereocenters. The summed E-state index contributed by atoms with van der Waals surface area (Å²) >= 11 is 1.22. The van der Waals surface area contributed by atoms with Crippen molar-refractivity contribution in [2.24, 2.45) is 0 Å². The molecule has 1 amide bonds. The fraction of sp³-hybridized carbons (Fsp3) is 0.348. The number of anilines is 1. The van der Waals surface area contributed by atoms with Crippen molar-refractivity contribution in [3.8, 4) is 5.75 Å². The van der Waals surface area contributed by atoms with E-state index in [1.54, 1.807) is 16.7 Å². The second kappa shape index (κ2) is 10.1. The summed E-state index contributed by atoms with van der Waals surface area (Å²) in [4.78, 5) is 30.4. The molecule has 2 aromatic carbocycles. The van der Waals surface area contributed by atoms with Gasteiger partial charge < -0.3 is 10.1 Å². The molecule has 1 fully saturated rings. The number of amides is 1. The quantitative estimate of drug-likeness (QED) is 0.387. The first kappa shape index (κ1) is 22.3. The molecule has 1 N–H and O–H groups in total. The van der Waals surface area contributed by atoms with Crippen LogP contribution < -0.4 is 15.6 Å². The third-order valence-electron chi connectivity index (χ3n) is 5.41. The van der Waals surface area contributed by atoms with Crippen LogP contribution in [-0.4, -0.2) is 27.8 Å². The molecule has 1 heterocycles. The summed E-state index contributed by atoms with van der Waals surface area (Å²) in [5.41, 5.74) is 1.01. The third-order valence-corrected chi connectivity index (χ3v) is 6.36. The van der Waals surface area contributed by atoms with Crippen LogP contribution in [-0.2, 0) is 4.79 Å². The molecule has 0 saturated heterocycles. The lowest BCUT2D eigenvalue weighted by atomic mass is 9.95. The average Bonchev–Trinajstić information content (AvgIpc) is 2.79. The van der Waals surface area contributed by atoms with Crippen molar-refractivity contribution in [2.45, 2.75) is 49.9 Å². The lowest BCUT2D eigenvalue weighted by Crippen LogP contribution is -2.29. The topological polar surface area (TPSA) is 73.2 Å². The van der Waals surface area contributed by atoms with Gasteiger partial charge in [-0.1, -0.05) is 43.2 Å². The minimum absolute atomic E-state index is 0.0178. The molecule has 0 radical (unpaired) electrons. The van der Waals surface area contributed by atoms with E-state index < -0.39 is 6.61 Å². The SMILES string of the molecule is O=C(CSc1nc2ccccc2c(=O)n1C1CCCCC1)Nc1ccc(OC(F)F)cc1. The molecule has 1 aliphatic carbocycles. The molecule has 4 rings (SSSR count). The van der Waals surface area contributed by atoms with Gasteiger partial charge in [-0.25, -0.2) is 4.98 Å². The lowest BCUT2D eigenvalue weighted by molar-refractivity contribution is -0.113. The summed E-state index contributed by atoms with van der Waals surface area (Å²) in [6.45, 7) is -2.90. The summed E-state index contributed by atoms with van der Waals surface area (Å²) in [6.07, 6.45) is 5.15. The maximum Gasteiger partial charge on any atom is 0.387 e. The summed E-state index contributed by atoms with van der Waals surface area (Å²) in [5, 5.41) is 3.85. The molecule has 0 spiro atoms. The van der Waals surface area contributed by atoms with Crippen molar-refractivity contribution in [3.05, 3.63) is 58.9 Å². The van der Waals surface area contributed by atoms with Gasteiger partial charge in [-0.15, -0.1) is 0 Å². The number of benzene rings is 2. The first-order valence-electron chi connectivity index (χ1n) is 10.5. The van der Waals surface area contributed by atoms with Crippen molar-refractivity contribution < 1.29 is 18.3 Å². The number of hydrogen-bond acceptors (Lipinski definition) is 5. The van der Waals surface area contributed by atoms with Gasteiger partial charge in [0, 0.05) is 11.7 Å². The van der Waals surface area contributed by atoms with Crippen LogP contribution in [0.3, 0.4) is 0 Å². The smallest absolute Gasteiger partial charge is 0.387 e. The standard InChI is InChI=1S/C23H23F2N3O3S/c24-22(25)31-17-12-10-15(11-13-17)26-20(29)14-32-23-27-19-9-5-4-8-18(19)21(30)28(23)16-6-2-1-3-7-16/h4-5,8-13,16,22H,1-3,6-7,14H2,(H,26,29). The van der Waals surface area contributed by atoms with E-state index in [1.807, 2.05) is 12.1 Å². The molecule has 1 aromatic heterocycles. The molecule has 0 aliphatic heterocycles. The number of para-hydroxylation sites is 1. The summed E-state index contributed by atoms with van der Waals surface area (Å²) < 4.78 is 30.6. The second-order valence-corrected chi connectivity index (χ2v) is 8.56. The summed E-state index contributed by atoms with van der Waals surface area (Å²) in [6, 6.07) is 13.0. The molecule has 9 heteroatoms. The normalized spacial score (nSPS) is 14.6. The minimum Gasteiger partial charge on any atom is -0.435 e. The van der Waals surface area contributed by atoms with Crippen molar-refractivity contribution in [1.29, 1.82) is 0 Å². The largest absolute Gasteiger partial charge is 0.435 e. The number of carbonyl (C=O) groups excluding carboxylic acids is 1. The summed E-state index contributed by atoms with van der Waals surface area (Å²) in [5.74, 6) is -0.202. The van der Waals surface area contributed by atoms with Gasteiger partial charge in [-0.2, -0.15) is 8.78 Å². The average molecular weight is 460 g/mol. The molecule has 1 saturated carbocycles. The monoisotopic (exact) mass is 459 g/mol. The van der Waals surface area contributed by atoms with E-state index in [0.29, 0.717) is 21.7 Å². The molecule has 32 heavy (non-hydrogen) atoms. The number of carbonyl (C=O) groups is 1. The van der Waals surface area contributed by atoms with Gasteiger partial charge in [0.05, 0.1) is 16.7 Å². The number of alkyl halides is 2.